The third-order valence-electron chi connectivity index (χ3n) is 5.32. The lowest BCUT2D eigenvalue weighted by molar-refractivity contribution is -0.116. The van der Waals surface area contributed by atoms with Gasteiger partial charge in [0.25, 0.3) is 5.56 Å². The molecule has 168 valence electrons. The van der Waals surface area contributed by atoms with Gasteiger partial charge in [-0.3, -0.25) is 18.7 Å². The second-order valence-corrected chi connectivity index (χ2v) is 7.36. The molecule has 3 aromatic rings. The molecule has 1 aromatic carbocycles. The lowest BCUT2D eigenvalue weighted by atomic mass is 10.0. The number of anilines is 1. The average Bonchev–Trinajstić information content (AvgIpc) is 3.22. The molecule has 0 saturated heterocycles. The van der Waals surface area contributed by atoms with Crippen molar-refractivity contribution in [3.05, 3.63) is 50.6 Å². The molecule has 0 radical (unpaired) electrons. The van der Waals surface area contributed by atoms with Gasteiger partial charge < -0.3 is 19.3 Å². The second kappa shape index (κ2) is 8.69. The van der Waals surface area contributed by atoms with Crippen molar-refractivity contribution in [2.24, 2.45) is 0 Å². The van der Waals surface area contributed by atoms with Crippen molar-refractivity contribution in [2.45, 2.75) is 39.3 Å². The van der Waals surface area contributed by atoms with E-state index in [9.17, 15) is 14.4 Å². The molecule has 2 aromatic heterocycles. The molecule has 3 heterocycles. The Hall–Kier alpha value is -3.89. The summed E-state index contributed by atoms with van der Waals surface area (Å²) in [5.41, 5.74) is -0.0127. The van der Waals surface area contributed by atoms with Gasteiger partial charge in [0.15, 0.2) is 0 Å². The highest BCUT2D eigenvalue weighted by atomic mass is 16.5. The summed E-state index contributed by atoms with van der Waals surface area (Å²) >= 11 is 0. The van der Waals surface area contributed by atoms with Crippen LogP contribution in [0.2, 0.25) is 0 Å². The number of amides is 1. The van der Waals surface area contributed by atoms with E-state index in [4.69, 9.17) is 14.0 Å². The van der Waals surface area contributed by atoms with E-state index < -0.39 is 23.7 Å². The van der Waals surface area contributed by atoms with Crippen LogP contribution in [0, 0.1) is 6.92 Å². The molecule has 32 heavy (non-hydrogen) atoms. The first-order chi connectivity index (χ1) is 15.4. The summed E-state index contributed by atoms with van der Waals surface area (Å²) in [7, 11) is 2.98. The Bertz CT molecular complexity index is 1290. The third-order valence-corrected chi connectivity index (χ3v) is 5.32. The van der Waals surface area contributed by atoms with Crippen LogP contribution in [-0.4, -0.2) is 39.4 Å². The van der Waals surface area contributed by atoms with Crippen molar-refractivity contribution in [2.75, 3.05) is 19.5 Å². The average molecular weight is 441 g/mol. The first-order valence-corrected chi connectivity index (χ1v) is 10.1. The molecule has 0 atom stereocenters. The normalized spacial score (nSPS) is 12.8. The Morgan fingerprint density at radius 1 is 1.22 bits per heavy atom. The Morgan fingerprint density at radius 2 is 2.03 bits per heavy atom. The van der Waals surface area contributed by atoms with Gasteiger partial charge in [0.05, 0.1) is 19.9 Å². The molecule has 1 aliphatic rings. The summed E-state index contributed by atoms with van der Waals surface area (Å²) in [5.74, 6) is 0.804. The van der Waals surface area contributed by atoms with Crippen LogP contribution >= 0.6 is 0 Å². The molecule has 0 fully saturated rings. The quantitative estimate of drug-likeness (QED) is 0.607. The topological polar surface area (TPSA) is 130 Å². The molecule has 1 amide bonds. The minimum absolute atomic E-state index is 0.115. The van der Waals surface area contributed by atoms with Crippen molar-refractivity contribution in [1.82, 2.24) is 19.3 Å². The minimum atomic E-state index is -0.624. The SMILES string of the molecule is COc1ccc(NC(=O)Cn2c(=O)c(-c3noc(C)n3)c3n(c2=O)CCCC3)c(OC)c1. The summed E-state index contributed by atoms with van der Waals surface area (Å²) in [4.78, 5) is 43.3. The minimum Gasteiger partial charge on any atom is -0.497 e. The van der Waals surface area contributed by atoms with Gasteiger partial charge in [-0.1, -0.05) is 5.16 Å². The van der Waals surface area contributed by atoms with Crippen molar-refractivity contribution >= 4 is 11.6 Å². The lowest BCUT2D eigenvalue weighted by Crippen LogP contribution is -2.45. The monoisotopic (exact) mass is 441 g/mol. The van der Waals surface area contributed by atoms with Gasteiger partial charge >= 0.3 is 5.69 Å². The van der Waals surface area contributed by atoms with Gasteiger partial charge in [-0.2, -0.15) is 4.98 Å². The van der Waals surface area contributed by atoms with Gasteiger partial charge in [0, 0.05) is 25.2 Å². The van der Waals surface area contributed by atoms with E-state index in [1.165, 1.54) is 18.8 Å². The maximum absolute atomic E-state index is 13.3. The number of rotatable bonds is 6. The Labute approximate surface area is 182 Å². The van der Waals surface area contributed by atoms with Crippen LogP contribution in [0.5, 0.6) is 11.5 Å². The molecule has 0 aliphatic carbocycles. The lowest BCUT2D eigenvalue weighted by Gasteiger charge is -2.21. The smallest absolute Gasteiger partial charge is 0.331 e. The van der Waals surface area contributed by atoms with E-state index in [0.717, 1.165) is 17.4 Å². The molecular weight excluding hydrogens is 418 g/mol. The number of fused-ring (bicyclic) bond motifs is 1. The summed E-state index contributed by atoms with van der Waals surface area (Å²) in [6.45, 7) is 1.59. The Morgan fingerprint density at radius 3 is 2.72 bits per heavy atom. The number of carbonyl (C=O) groups is 1. The number of nitrogens with zero attached hydrogens (tertiary/aromatic N) is 4. The molecule has 0 unspecified atom stereocenters. The van der Waals surface area contributed by atoms with E-state index in [1.807, 2.05) is 0 Å². The highest BCUT2D eigenvalue weighted by Crippen LogP contribution is 2.29. The third kappa shape index (κ3) is 3.88. The van der Waals surface area contributed by atoms with Crippen molar-refractivity contribution in [3.63, 3.8) is 0 Å². The van der Waals surface area contributed by atoms with Crippen LogP contribution in [0.25, 0.3) is 11.4 Å². The first-order valence-electron chi connectivity index (χ1n) is 10.1. The van der Waals surface area contributed by atoms with Crippen LogP contribution in [0.15, 0.2) is 32.3 Å². The number of aryl methyl sites for hydroxylation is 1. The maximum atomic E-state index is 13.3. The molecule has 0 spiro atoms. The fourth-order valence-corrected chi connectivity index (χ4v) is 3.79. The van der Waals surface area contributed by atoms with Crippen LogP contribution in [-0.2, 0) is 24.3 Å². The van der Waals surface area contributed by atoms with Crippen molar-refractivity contribution in [3.8, 4) is 22.9 Å². The number of ether oxygens (including phenoxy) is 2. The van der Waals surface area contributed by atoms with E-state index in [2.05, 4.69) is 15.5 Å². The van der Waals surface area contributed by atoms with Crippen molar-refractivity contribution in [1.29, 1.82) is 0 Å². The summed E-state index contributed by atoms with van der Waals surface area (Å²) in [6.07, 6.45) is 2.18. The zero-order chi connectivity index (χ0) is 22.8. The van der Waals surface area contributed by atoms with Gasteiger partial charge in [-0.15, -0.1) is 0 Å². The van der Waals surface area contributed by atoms with E-state index >= 15 is 0 Å². The molecule has 0 saturated carbocycles. The van der Waals surface area contributed by atoms with Gasteiger partial charge in [-0.05, 0) is 31.4 Å². The first kappa shape index (κ1) is 21.3. The number of hydrogen-bond acceptors (Lipinski definition) is 8. The molecule has 11 nitrogen and oxygen atoms in total. The predicted octanol–water partition coefficient (Wildman–Crippen LogP) is 1.36. The maximum Gasteiger partial charge on any atom is 0.331 e. The van der Waals surface area contributed by atoms with Gasteiger partial charge in [0.2, 0.25) is 17.6 Å². The van der Waals surface area contributed by atoms with Gasteiger partial charge in [-0.25, -0.2) is 4.79 Å². The zero-order valence-electron chi connectivity index (χ0n) is 18.0. The zero-order valence-corrected chi connectivity index (χ0v) is 18.0. The van der Waals surface area contributed by atoms with Crippen molar-refractivity contribution < 1.29 is 18.8 Å². The highest BCUT2D eigenvalue weighted by Gasteiger charge is 2.26. The van der Waals surface area contributed by atoms with Crippen LogP contribution in [0.4, 0.5) is 5.69 Å². The number of nitrogens with one attached hydrogen (secondary N) is 1. The summed E-state index contributed by atoms with van der Waals surface area (Å²) in [6, 6.07) is 4.90. The van der Waals surface area contributed by atoms with Gasteiger partial charge in [0.1, 0.15) is 23.6 Å². The number of methoxy groups -OCH3 is 2. The Balaban J connectivity index is 1.72. The molecular formula is C21H23N5O6. The largest absolute Gasteiger partial charge is 0.497 e. The molecule has 1 aliphatic heterocycles. The predicted molar refractivity (Wildman–Crippen MR) is 114 cm³/mol. The molecule has 4 rings (SSSR count). The van der Waals surface area contributed by atoms with E-state index in [-0.39, 0.29) is 11.4 Å². The molecule has 0 bridgehead atoms. The summed E-state index contributed by atoms with van der Waals surface area (Å²) < 4.78 is 17.9. The summed E-state index contributed by atoms with van der Waals surface area (Å²) in [5, 5.41) is 6.55. The standard InChI is InChI=1S/C21H23N5O6/c1-12-22-19(24-32-12)18-15-6-4-5-9-25(15)21(29)26(20(18)28)11-17(27)23-14-8-7-13(30-2)10-16(14)31-3/h7-8,10H,4-6,9,11H2,1-3H3,(H,23,27). The van der Waals surface area contributed by atoms with E-state index in [0.29, 0.717) is 41.7 Å². The number of carbonyl (C=O) groups excluding carboxylic acids is 1. The van der Waals surface area contributed by atoms with Crippen LogP contribution < -0.4 is 26.0 Å². The highest BCUT2D eigenvalue weighted by molar-refractivity contribution is 5.92. The molecule has 11 heteroatoms. The van der Waals surface area contributed by atoms with Crippen LogP contribution in [0.3, 0.4) is 0 Å². The number of benzene rings is 1. The molecule has 1 N–H and O–H groups in total. The fraction of sp³-hybridized carbons (Fsp3) is 0.381. The number of hydrogen-bond donors (Lipinski definition) is 1. The van der Waals surface area contributed by atoms with Crippen LogP contribution in [0.1, 0.15) is 24.4 Å². The fourth-order valence-electron chi connectivity index (χ4n) is 3.79. The second-order valence-electron chi connectivity index (χ2n) is 7.36. The Kier molecular flexibility index (Phi) is 5.80. The number of aromatic nitrogens is 4. The van der Waals surface area contributed by atoms with E-state index in [1.54, 1.807) is 25.1 Å².